The molecule has 1 aliphatic heterocycles. The zero-order valence-corrected chi connectivity index (χ0v) is 19.4. The normalized spacial score (nSPS) is 22.2. The molecule has 1 fully saturated rings. The average molecular weight is 417 g/mol. The average Bonchev–Trinajstić information content (AvgIpc) is 3.01. The molecule has 1 rings (SSSR count). The lowest BCUT2D eigenvalue weighted by Crippen LogP contribution is -2.40. The first kappa shape index (κ1) is 26.8. The number of hydrogen-bond acceptors (Lipinski definition) is 5. The Bertz CT molecular complexity index is 374. The van der Waals surface area contributed by atoms with Crippen LogP contribution in [0.5, 0.6) is 0 Å². The van der Waals surface area contributed by atoms with Crippen molar-refractivity contribution in [3.8, 4) is 0 Å². The molecular formula is C24H48O5. The van der Waals surface area contributed by atoms with E-state index < -0.39 is 18.0 Å². The van der Waals surface area contributed by atoms with E-state index in [1.54, 1.807) is 0 Å². The zero-order valence-electron chi connectivity index (χ0n) is 19.4. The van der Waals surface area contributed by atoms with Crippen LogP contribution in [-0.4, -0.2) is 54.1 Å². The van der Waals surface area contributed by atoms with Crippen LogP contribution in [0.2, 0.25) is 0 Å². The van der Waals surface area contributed by atoms with Crippen molar-refractivity contribution in [1.29, 1.82) is 0 Å². The van der Waals surface area contributed by atoms with Gasteiger partial charge in [0.05, 0.1) is 13.2 Å². The third-order valence-corrected chi connectivity index (χ3v) is 5.71. The molecule has 5 heteroatoms. The van der Waals surface area contributed by atoms with Gasteiger partial charge in [0.15, 0.2) is 5.79 Å². The molecule has 5 nitrogen and oxygen atoms in total. The van der Waals surface area contributed by atoms with Gasteiger partial charge < -0.3 is 24.4 Å². The minimum atomic E-state index is -0.938. The summed E-state index contributed by atoms with van der Waals surface area (Å²) < 4.78 is 17.2. The summed E-state index contributed by atoms with van der Waals surface area (Å²) in [5.41, 5.74) is 0. The smallest absolute Gasteiger partial charge is 0.164 e. The predicted octanol–water partition coefficient (Wildman–Crippen LogP) is 5.36. The van der Waals surface area contributed by atoms with E-state index in [1.165, 1.54) is 83.5 Å². The minimum Gasteiger partial charge on any atom is -0.394 e. The number of aliphatic hydroxyl groups excluding tert-OH is 2. The van der Waals surface area contributed by atoms with Crippen LogP contribution < -0.4 is 0 Å². The molecule has 1 aliphatic rings. The summed E-state index contributed by atoms with van der Waals surface area (Å²) in [6.07, 6.45) is 17.1. The molecule has 0 bridgehead atoms. The molecule has 174 valence electrons. The standard InChI is InChI=1S/C24H48O5/c1-4-5-6-7-8-9-10-11-12-13-14-15-16-17-18-27-20-22-23(21(26)19-25)29-24(2,3)28-22/h21-23,25-26H,4-20H2,1-3H3. The van der Waals surface area contributed by atoms with Gasteiger partial charge in [-0.15, -0.1) is 0 Å². The van der Waals surface area contributed by atoms with E-state index in [9.17, 15) is 5.11 Å². The van der Waals surface area contributed by atoms with Crippen molar-refractivity contribution in [3.63, 3.8) is 0 Å². The number of unbranched alkanes of at least 4 members (excludes halogenated alkanes) is 13. The van der Waals surface area contributed by atoms with Crippen LogP contribution in [-0.2, 0) is 14.2 Å². The molecule has 0 spiro atoms. The van der Waals surface area contributed by atoms with Crippen molar-refractivity contribution in [1.82, 2.24) is 0 Å². The zero-order chi connectivity index (χ0) is 21.4. The van der Waals surface area contributed by atoms with Crippen molar-refractivity contribution in [2.75, 3.05) is 19.8 Å². The molecule has 1 saturated heterocycles. The van der Waals surface area contributed by atoms with Gasteiger partial charge in [-0.25, -0.2) is 0 Å². The van der Waals surface area contributed by atoms with Gasteiger partial charge in [-0.3, -0.25) is 0 Å². The van der Waals surface area contributed by atoms with Crippen LogP contribution in [0.1, 0.15) is 111 Å². The van der Waals surface area contributed by atoms with E-state index in [2.05, 4.69) is 6.92 Å². The second-order valence-corrected chi connectivity index (χ2v) is 9.06. The highest BCUT2D eigenvalue weighted by Crippen LogP contribution is 2.30. The second-order valence-electron chi connectivity index (χ2n) is 9.06. The Hall–Kier alpha value is -0.200. The number of hydrogen-bond donors (Lipinski definition) is 2. The molecule has 3 unspecified atom stereocenters. The molecule has 3 atom stereocenters. The fraction of sp³-hybridized carbons (Fsp3) is 1.00. The molecule has 1 heterocycles. The molecule has 29 heavy (non-hydrogen) atoms. The van der Waals surface area contributed by atoms with E-state index in [4.69, 9.17) is 19.3 Å². The van der Waals surface area contributed by atoms with Crippen LogP contribution >= 0.6 is 0 Å². The molecule has 2 N–H and O–H groups in total. The Balaban J connectivity index is 1.89. The molecular weight excluding hydrogens is 368 g/mol. The molecule has 0 amide bonds. The predicted molar refractivity (Wildman–Crippen MR) is 118 cm³/mol. The lowest BCUT2D eigenvalue weighted by molar-refractivity contribution is -0.159. The third-order valence-electron chi connectivity index (χ3n) is 5.71. The summed E-state index contributed by atoms with van der Waals surface area (Å²) in [5.74, 6) is -0.746. The first-order valence-electron chi connectivity index (χ1n) is 12.2. The Morgan fingerprint density at radius 1 is 0.793 bits per heavy atom. The largest absolute Gasteiger partial charge is 0.394 e. The first-order valence-corrected chi connectivity index (χ1v) is 12.2. The van der Waals surface area contributed by atoms with Gasteiger partial charge in [-0.05, 0) is 20.3 Å². The minimum absolute atomic E-state index is 0.334. The maximum Gasteiger partial charge on any atom is 0.164 e. The Labute approximate surface area is 179 Å². The van der Waals surface area contributed by atoms with E-state index >= 15 is 0 Å². The van der Waals surface area contributed by atoms with E-state index in [0.717, 1.165) is 6.42 Å². The van der Waals surface area contributed by atoms with Crippen molar-refractivity contribution in [2.45, 2.75) is 135 Å². The highest BCUT2D eigenvalue weighted by atomic mass is 16.8. The Morgan fingerprint density at radius 2 is 1.28 bits per heavy atom. The summed E-state index contributed by atoms with van der Waals surface area (Å²) in [4.78, 5) is 0. The highest BCUT2D eigenvalue weighted by molar-refractivity contribution is 4.86. The Kier molecular flexibility index (Phi) is 15.3. The Morgan fingerprint density at radius 3 is 1.76 bits per heavy atom. The van der Waals surface area contributed by atoms with Crippen molar-refractivity contribution in [2.24, 2.45) is 0 Å². The SMILES string of the molecule is CCCCCCCCCCCCCCCCOCC1OC(C)(C)OC1C(O)CO. The van der Waals surface area contributed by atoms with E-state index in [-0.39, 0.29) is 12.7 Å². The first-order chi connectivity index (χ1) is 14.0. The van der Waals surface area contributed by atoms with Gasteiger partial charge in [0.1, 0.15) is 18.3 Å². The lowest BCUT2D eigenvalue weighted by atomic mass is 10.0. The fourth-order valence-corrected chi connectivity index (χ4v) is 4.02. The van der Waals surface area contributed by atoms with Gasteiger partial charge in [-0.1, -0.05) is 90.4 Å². The van der Waals surface area contributed by atoms with Crippen LogP contribution in [0.4, 0.5) is 0 Å². The molecule has 0 aromatic carbocycles. The number of ether oxygens (including phenoxy) is 3. The summed E-state index contributed by atoms with van der Waals surface area (Å²) in [6.45, 7) is 6.67. The van der Waals surface area contributed by atoms with Crippen molar-refractivity contribution in [3.05, 3.63) is 0 Å². The van der Waals surface area contributed by atoms with E-state index in [0.29, 0.717) is 13.2 Å². The quantitative estimate of drug-likeness (QED) is 0.278. The van der Waals surface area contributed by atoms with Crippen LogP contribution in [0.25, 0.3) is 0 Å². The van der Waals surface area contributed by atoms with Gasteiger partial charge >= 0.3 is 0 Å². The maximum atomic E-state index is 9.88. The summed E-state index contributed by atoms with van der Waals surface area (Å²) in [7, 11) is 0. The second kappa shape index (κ2) is 16.5. The molecule has 0 radical (unpaired) electrons. The molecule has 0 aromatic rings. The van der Waals surface area contributed by atoms with Crippen LogP contribution in [0.3, 0.4) is 0 Å². The summed E-state index contributed by atoms with van der Waals surface area (Å²) in [6, 6.07) is 0. The molecule has 0 aromatic heterocycles. The van der Waals surface area contributed by atoms with E-state index in [1.807, 2.05) is 13.8 Å². The topological polar surface area (TPSA) is 68.2 Å². The van der Waals surface area contributed by atoms with Crippen molar-refractivity contribution < 1.29 is 24.4 Å². The van der Waals surface area contributed by atoms with Crippen LogP contribution in [0.15, 0.2) is 0 Å². The molecule has 0 aliphatic carbocycles. The van der Waals surface area contributed by atoms with Gasteiger partial charge in [0.2, 0.25) is 0 Å². The summed E-state index contributed by atoms with van der Waals surface area (Å²) >= 11 is 0. The highest BCUT2D eigenvalue weighted by Gasteiger charge is 2.44. The van der Waals surface area contributed by atoms with Gasteiger partial charge in [0, 0.05) is 6.61 Å². The van der Waals surface area contributed by atoms with Crippen LogP contribution in [0, 0.1) is 0 Å². The molecule has 0 saturated carbocycles. The summed E-state index contributed by atoms with van der Waals surface area (Å²) in [5, 5.41) is 19.1. The van der Waals surface area contributed by atoms with Crippen molar-refractivity contribution >= 4 is 0 Å². The lowest BCUT2D eigenvalue weighted by Gasteiger charge is -2.20. The number of aliphatic hydroxyl groups is 2. The maximum absolute atomic E-state index is 9.88. The van der Waals surface area contributed by atoms with Gasteiger partial charge in [0.25, 0.3) is 0 Å². The third kappa shape index (κ3) is 13.0. The van der Waals surface area contributed by atoms with Gasteiger partial charge in [-0.2, -0.15) is 0 Å². The monoisotopic (exact) mass is 416 g/mol. The number of rotatable bonds is 19. The fourth-order valence-electron chi connectivity index (χ4n) is 4.02.